The average molecular weight is 260 g/mol. The SMILES string of the molecule is C=C(C)CN(C)Cc1ccc(C(C)CNCC)cc1. The van der Waals surface area contributed by atoms with Crippen LogP contribution in [0.3, 0.4) is 0 Å². The van der Waals surface area contributed by atoms with E-state index in [2.05, 4.69) is 68.9 Å². The third kappa shape index (κ3) is 6.04. The van der Waals surface area contributed by atoms with Crippen LogP contribution in [0.15, 0.2) is 36.4 Å². The predicted octanol–water partition coefficient (Wildman–Crippen LogP) is 3.41. The summed E-state index contributed by atoms with van der Waals surface area (Å²) in [5.41, 5.74) is 3.98. The lowest BCUT2D eigenvalue weighted by molar-refractivity contribution is 0.355. The summed E-state index contributed by atoms with van der Waals surface area (Å²) < 4.78 is 0. The van der Waals surface area contributed by atoms with Crippen LogP contribution in [0, 0.1) is 0 Å². The van der Waals surface area contributed by atoms with Crippen LogP contribution in [0.4, 0.5) is 0 Å². The third-order valence-corrected chi connectivity index (χ3v) is 3.24. The van der Waals surface area contributed by atoms with Crippen molar-refractivity contribution < 1.29 is 0 Å². The second-order valence-corrected chi connectivity index (χ2v) is 5.58. The molecule has 1 rings (SSSR count). The Morgan fingerprint density at radius 3 is 2.47 bits per heavy atom. The Morgan fingerprint density at radius 2 is 1.95 bits per heavy atom. The van der Waals surface area contributed by atoms with Gasteiger partial charge in [0.25, 0.3) is 0 Å². The van der Waals surface area contributed by atoms with Gasteiger partial charge in [0.2, 0.25) is 0 Å². The second kappa shape index (κ2) is 8.13. The topological polar surface area (TPSA) is 15.3 Å². The molecule has 0 radical (unpaired) electrons. The lowest BCUT2D eigenvalue weighted by Gasteiger charge is -2.17. The molecule has 0 amide bonds. The predicted molar refractivity (Wildman–Crippen MR) is 84.5 cm³/mol. The van der Waals surface area contributed by atoms with E-state index in [4.69, 9.17) is 0 Å². The molecule has 2 nitrogen and oxygen atoms in total. The molecule has 1 aromatic rings. The summed E-state index contributed by atoms with van der Waals surface area (Å²) in [6, 6.07) is 9.00. The van der Waals surface area contributed by atoms with Gasteiger partial charge in [-0.05, 0) is 37.6 Å². The van der Waals surface area contributed by atoms with Crippen molar-refractivity contribution in [2.24, 2.45) is 0 Å². The van der Waals surface area contributed by atoms with Crippen molar-refractivity contribution in [3.8, 4) is 0 Å². The van der Waals surface area contributed by atoms with Crippen molar-refractivity contribution >= 4 is 0 Å². The first-order chi connectivity index (χ1) is 9.02. The van der Waals surface area contributed by atoms with Crippen molar-refractivity contribution in [1.29, 1.82) is 0 Å². The van der Waals surface area contributed by atoms with Gasteiger partial charge in [-0.2, -0.15) is 0 Å². The molecule has 0 aliphatic heterocycles. The van der Waals surface area contributed by atoms with Crippen LogP contribution in [0.1, 0.15) is 37.8 Å². The maximum atomic E-state index is 3.95. The smallest absolute Gasteiger partial charge is 0.0234 e. The normalized spacial score (nSPS) is 12.7. The van der Waals surface area contributed by atoms with E-state index in [-0.39, 0.29) is 0 Å². The van der Waals surface area contributed by atoms with Crippen molar-refractivity contribution in [3.05, 3.63) is 47.5 Å². The summed E-state index contributed by atoms with van der Waals surface area (Å²) in [7, 11) is 2.14. The summed E-state index contributed by atoms with van der Waals surface area (Å²) in [6.07, 6.45) is 0. The van der Waals surface area contributed by atoms with E-state index >= 15 is 0 Å². The molecular formula is C17H28N2. The van der Waals surface area contributed by atoms with Crippen LogP contribution in [0.2, 0.25) is 0 Å². The molecule has 1 N–H and O–H groups in total. The first kappa shape index (κ1) is 15.9. The average Bonchev–Trinajstić information content (AvgIpc) is 2.35. The zero-order chi connectivity index (χ0) is 14.3. The molecule has 0 aliphatic rings. The van der Waals surface area contributed by atoms with Gasteiger partial charge in [-0.15, -0.1) is 0 Å². The van der Waals surface area contributed by atoms with Crippen LogP contribution < -0.4 is 5.32 Å². The Kier molecular flexibility index (Phi) is 6.82. The van der Waals surface area contributed by atoms with Crippen molar-refractivity contribution in [2.45, 2.75) is 33.2 Å². The maximum Gasteiger partial charge on any atom is 0.0234 e. The zero-order valence-corrected chi connectivity index (χ0v) is 12.9. The number of nitrogens with one attached hydrogen (secondary N) is 1. The van der Waals surface area contributed by atoms with Crippen LogP contribution in [-0.4, -0.2) is 31.6 Å². The highest BCUT2D eigenvalue weighted by atomic mass is 15.1. The Balaban J connectivity index is 2.53. The molecule has 1 unspecified atom stereocenters. The Morgan fingerprint density at radius 1 is 1.32 bits per heavy atom. The van der Waals surface area contributed by atoms with E-state index < -0.39 is 0 Å². The van der Waals surface area contributed by atoms with E-state index in [1.165, 1.54) is 16.7 Å². The van der Waals surface area contributed by atoms with Crippen LogP contribution in [-0.2, 0) is 6.54 Å². The molecule has 0 spiro atoms. The number of nitrogens with zero attached hydrogens (tertiary/aromatic N) is 1. The van der Waals surface area contributed by atoms with Gasteiger partial charge in [-0.3, -0.25) is 4.90 Å². The first-order valence-electron chi connectivity index (χ1n) is 7.15. The molecule has 0 aliphatic carbocycles. The van der Waals surface area contributed by atoms with Gasteiger partial charge in [0.15, 0.2) is 0 Å². The van der Waals surface area contributed by atoms with Crippen molar-refractivity contribution in [2.75, 3.05) is 26.7 Å². The van der Waals surface area contributed by atoms with Gasteiger partial charge >= 0.3 is 0 Å². The highest BCUT2D eigenvalue weighted by molar-refractivity contribution is 5.25. The minimum Gasteiger partial charge on any atom is -0.316 e. The molecule has 0 heterocycles. The largest absolute Gasteiger partial charge is 0.316 e. The fourth-order valence-corrected chi connectivity index (χ4v) is 2.26. The molecule has 0 bridgehead atoms. The highest BCUT2D eigenvalue weighted by Crippen LogP contribution is 2.16. The van der Waals surface area contributed by atoms with E-state index in [0.29, 0.717) is 5.92 Å². The number of hydrogen-bond acceptors (Lipinski definition) is 2. The summed E-state index contributed by atoms with van der Waals surface area (Å²) in [6.45, 7) is 14.5. The maximum absolute atomic E-state index is 3.95. The Bertz CT molecular complexity index is 381. The lowest BCUT2D eigenvalue weighted by atomic mass is 9.99. The fraction of sp³-hybridized carbons (Fsp3) is 0.529. The van der Waals surface area contributed by atoms with E-state index in [9.17, 15) is 0 Å². The Labute approximate surface area is 118 Å². The summed E-state index contributed by atoms with van der Waals surface area (Å²) in [5.74, 6) is 0.571. The number of rotatable bonds is 8. The molecule has 0 aromatic heterocycles. The summed E-state index contributed by atoms with van der Waals surface area (Å²) in [4.78, 5) is 2.29. The van der Waals surface area contributed by atoms with Crippen molar-refractivity contribution in [3.63, 3.8) is 0 Å². The zero-order valence-electron chi connectivity index (χ0n) is 12.9. The minimum atomic E-state index is 0.571. The number of benzene rings is 1. The lowest BCUT2D eigenvalue weighted by Crippen LogP contribution is -2.20. The van der Waals surface area contributed by atoms with Gasteiger partial charge in [-0.1, -0.05) is 50.3 Å². The number of likely N-dealkylation sites (N-methyl/N-ethyl adjacent to an activating group) is 2. The van der Waals surface area contributed by atoms with Crippen LogP contribution >= 0.6 is 0 Å². The molecule has 0 saturated carbocycles. The molecule has 19 heavy (non-hydrogen) atoms. The monoisotopic (exact) mass is 260 g/mol. The molecule has 2 heteroatoms. The first-order valence-corrected chi connectivity index (χ1v) is 7.15. The summed E-state index contributed by atoms with van der Waals surface area (Å²) >= 11 is 0. The fourth-order valence-electron chi connectivity index (χ4n) is 2.26. The van der Waals surface area contributed by atoms with Crippen molar-refractivity contribution in [1.82, 2.24) is 10.2 Å². The summed E-state index contributed by atoms with van der Waals surface area (Å²) in [5, 5.41) is 3.40. The second-order valence-electron chi connectivity index (χ2n) is 5.58. The van der Waals surface area contributed by atoms with Gasteiger partial charge in [-0.25, -0.2) is 0 Å². The van der Waals surface area contributed by atoms with E-state index in [1.807, 2.05) is 0 Å². The molecular weight excluding hydrogens is 232 g/mol. The van der Waals surface area contributed by atoms with Gasteiger partial charge in [0, 0.05) is 19.6 Å². The Hall–Kier alpha value is -1.12. The van der Waals surface area contributed by atoms with E-state index in [1.54, 1.807) is 0 Å². The quantitative estimate of drug-likeness (QED) is 0.721. The molecule has 106 valence electrons. The molecule has 1 aromatic carbocycles. The van der Waals surface area contributed by atoms with E-state index in [0.717, 1.165) is 26.2 Å². The molecule has 0 fully saturated rings. The standard InChI is InChI=1S/C17H28N2/c1-6-18-11-15(4)17-9-7-16(8-10-17)13-19(5)12-14(2)3/h7-10,15,18H,2,6,11-13H2,1,3-5H3. The third-order valence-electron chi connectivity index (χ3n) is 3.24. The van der Waals surface area contributed by atoms with Crippen LogP contribution in [0.5, 0.6) is 0 Å². The molecule has 0 saturated heterocycles. The highest BCUT2D eigenvalue weighted by Gasteiger charge is 2.05. The molecule has 1 atom stereocenters. The van der Waals surface area contributed by atoms with Gasteiger partial charge < -0.3 is 5.32 Å². The van der Waals surface area contributed by atoms with Gasteiger partial charge in [0.1, 0.15) is 0 Å². The number of hydrogen-bond donors (Lipinski definition) is 1. The minimum absolute atomic E-state index is 0.571. The van der Waals surface area contributed by atoms with Gasteiger partial charge in [0.05, 0.1) is 0 Å². The van der Waals surface area contributed by atoms with Crippen LogP contribution in [0.25, 0.3) is 0 Å².